The van der Waals surface area contributed by atoms with Crippen LogP contribution in [0.2, 0.25) is 0 Å². The van der Waals surface area contributed by atoms with Gasteiger partial charge in [0.1, 0.15) is 17.4 Å². The van der Waals surface area contributed by atoms with E-state index < -0.39 is 27.7 Å². The number of hydrogen-bond donors (Lipinski definition) is 1. The van der Waals surface area contributed by atoms with E-state index in [2.05, 4.69) is 4.72 Å². The topological polar surface area (TPSA) is 103 Å². The number of carbonyl (C=O) groups excluding carboxylic acids is 1. The summed E-state index contributed by atoms with van der Waals surface area (Å²) in [5, 5.41) is 0.546. The lowest BCUT2D eigenvalue weighted by molar-refractivity contribution is -0.137. The fraction of sp³-hybridized carbons (Fsp3) is 0.385. The van der Waals surface area contributed by atoms with Crippen molar-refractivity contribution in [2.45, 2.75) is 64.8 Å². The summed E-state index contributed by atoms with van der Waals surface area (Å²) >= 11 is 0. The molecule has 34 heavy (non-hydrogen) atoms. The average Bonchev–Trinajstić information content (AvgIpc) is 2.76. The van der Waals surface area contributed by atoms with Crippen molar-refractivity contribution >= 4 is 27.0 Å². The molecular weight excluding hydrogens is 454 g/mol. The number of aryl methyl sites for hydroxylation is 3. The SMILES string of the molecule is CCCc1cc(=O)oc2cc(C)cc(OC(=O)[C@@H](NS(=O)(=O)c3ccc(C)cc3)[C@H](C)CC)c12. The summed E-state index contributed by atoms with van der Waals surface area (Å²) in [6.45, 7) is 9.32. The molecule has 1 aromatic heterocycles. The summed E-state index contributed by atoms with van der Waals surface area (Å²) in [5.41, 5.74) is 2.25. The average molecular weight is 486 g/mol. The van der Waals surface area contributed by atoms with Gasteiger partial charge in [-0.3, -0.25) is 0 Å². The third-order valence-corrected chi connectivity index (χ3v) is 7.30. The molecule has 2 aromatic carbocycles. The minimum atomic E-state index is -3.95. The molecule has 0 bridgehead atoms. The van der Waals surface area contributed by atoms with Gasteiger partial charge in [-0.05, 0) is 61.6 Å². The van der Waals surface area contributed by atoms with E-state index in [1.54, 1.807) is 38.1 Å². The van der Waals surface area contributed by atoms with E-state index in [1.165, 1.54) is 18.2 Å². The Morgan fingerprint density at radius 3 is 2.35 bits per heavy atom. The summed E-state index contributed by atoms with van der Waals surface area (Å²) in [6, 6.07) is 10.1. The number of ether oxygens (including phenoxy) is 1. The van der Waals surface area contributed by atoms with Crippen LogP contribution in [0.4, 0.5) is 0 Å². The number of fused-ring (bicyclic) bond motifs is 1. The molecule has 0 unspecified atom stereocenters. The fourth-order valence-electron chi connectivity index (χ4n) is 3.77. The van der Waals surface area contributed by atoms with Crippen molar-refractivity contribution in [1.82, 2.24) is 4.72 Å². The quantitative estimate of drug-likeness (QED) is 0.269. The molecule has 3 rings (SSSR count). The first kappa shape index (κ1) is 25.6. The van der Waals surface area contributed by atoms with Crippen LogP contribution in [0.5, 0.6) is 5.75 Å². The molecule has 0 spiro atoms. The van der Waals surface area contributed by atoms with E-state index in [0.717, 1.165) is 23.1 Å². The molecule has 182 valence electrons. The molecule has 0 saturated heterocycles. The van der Waals surface area contributed by atoms with Crippen molar-refractivity contribution in [3.05, 3.63) is 69.6 Å². The Hall–Kier alpha value is -2.97. The van der Waals surface area contributed by atoms with Gasteiger partial charge in [0, 0.05) is 6.07 Å². The minimum absolute atomic E-state index is 0.0761. The van der Waals surface area contributed by atoms with Gasteiger partial charge >= 0.3 is 11.6 Å². The van der Waals surface area contributed by atoms with Gasteiger partial charge < -0.3 is 9.15 Å². The van der Waals surface area contributed by atoms with E-state index in [0.29, 0.717) is 23.8 Å². The first-order chi connectivity index (χ1) is 16.1. The fourth-order valence-corrected chi connectivity index (χ4v) is 5.07. The lowest BCUT2D eigenvalue weighted by Crippen LogP contribution is -2.47. The van der Waals surface area contributed by atoms with Gasteiger partial charge in [-0.25, -0.2) is 18.0 Å². The van der Waals surface area contributed by atoms with Crippen LogP contribution in [0.25, 0.3) is 11.0 Å². The number of sulfonamides is 1. The molecule has 8 heteroatoms. The predicted molar refractivity (Wildman–Crippen MR) is 132 cm³/mol. The molecule has 7 nitrogen and oxygen atoms in total. The Labute approximate surface area is 200 Å². The van der Waals surface area contributed by atoms with Crippen molar-refractivity contribution in [2.24, 2.45) is 5.92 Å². The van der Waals surface area contributed by atoms with Gasteiger partial charge in [0.25, 0.3) is 0 Å². The van der Waals surface area contributed by atoms with Crippen molar-refractivity contribution in [2.75, 3.05) is 0 Å². The molecule has 0 aliphatic heterocycles. The van der Waals surface area contributed by atoms with Crippen LogP contribution >= 0.6 is 0 Å². The van der Waals surface area contributed by atoms with Crippen molar-refractivity contribution in [3.8, 4) is 5.75 Å². The summed E-state index contributed by atoms with van der Waals surface area (Å²) in [7, 11) is -3.95. The second-order valence-corrected chi connectivity index (χ2v) is 10.4. The van der Waals surface area contributed by atoms with Gasteiger partial charge in [-0.15, -0.1) is 0 Å². The summed E-state index contributed by atoms with van der Waals surface area (Å²) in [5.74, 6) is -0.794. The van der Waals surface area contributed by atoms with Gasteiger partial charge in [0.15, 0.2) is 0 Å². The van der Waals surface area contributed by atoms with E-state index in [-0.39, 0.29) is 16.6 Å². The first-order valence-corrected chi connectivity index (χ1v) is 12.9. The van der Waals surface area contributed by atoms with Crippen LogP contribution in [-0.4, -0.2) is 20.4 Å². The maximum Gasteiger partial charge on any atom is 0.336 e. The third kappa shape index (κ3) is 5.74. The Balaban J connectivity index is 2.01. The molecule has 0 aliphatic rings. The van der Waals surface area contributed by atoms with Crippen LogP contribution in [0.1, 0.15) is 50.3 Å². The van der Waals surface area contributed by atoms with E-state index in [1.807, 2.05) is 20.8 Å². The number of benzene rings is 2. The number of nitrogens with one attached hydrogen (secondary N) is 1. The number of rotatable bonds is 9. The number of carbonyl (C=O) groups is 1. The highest BCUT2D eigenvalue weighted by Crippen LogP contribution is 2.31. The summed E-state index contributed by atoms with van der Waals surface area (Å²) < 4.78 is 39.7. The maximum atomic E-state index is 13.3. The largest absolute Gasteiger partial charge is 0.425 e. The van der Waals surface area contributed by atoms with Gasteiger partial charge in [0.2, 0.25) is 10.0 Å². The minimum Gasteiger partial charge on any atom is -0.425 e. The van der Waals surface area contributed by atoms with E-state index in [9.17, 15) is 18.0 Å². The Bertz CT molecular complexity index is 1340. The molecule has 0 aliphatic carbocycles. The Morgan fingerprint density at radius 2 is 1.74 bits per heavy atom. The molecule has 0 fully saturated rings. The highest BCUT2D eigenvalue weighted by molar-refractivity contribution is 7.89. The van der Waals surface area contributed by atoms with Gasteiger partial charge in [-0.1, -0.05) is 51.3 Å². The molecule has 1 heterocycles. The Morgan fingerprint density at radius 1 is 1.06 bits per heavy atom. The van der Waals surface area contributed by atoms with Crippen LogP contribution in [-0.2, 0) is 21.2 Å². The predicted octanol–water partition coefficient (Wildman–Crippen LogP) is 4.66. The van der Waals surface area contributed by atoms with Crippen LogP contribution in [0.3, 0.4) is 0 Å². The van der Waals surface area contributed by atoms with Crippen molar-refractivity contribution < 1.29 is 22.4 Å². The lowest BCUT2D eigenvalue weighted by Gasteiger charge is -2.23. The molecule has 1 N–H and O–H groups in total. The third-order valence-electron chi connectivity index (χ3n) is 5.84. The van der Waals surface area contributed by atoms with Gasteiger partial charge in [0.05, 0.1) is 10.3 Å². The van der Waals surface area contributed by atoms with E-state index >= 15 is 0 Å². The lowest BCUT2D eigenvalue weighted by atomic mass is 10.00. The second kappa shape index (κ2) is 10.5. The zero-order valence-corrected chi connectivity index (χ0v) is 21.0. The van der Waals surface area contributed by atoms with Crippen LogP contribution in [0.15, 0.2) is 56.6 Å². The zero-order valence-electron chi connectivity index (χ0n) is 20.2. The molecular formula is C26H31NO6S. The normalized spacial score (nSPS) is 13.6. The molecule has 2 atom stereocenters. The summed E-state index contributed by atoms with van der Waals surface area (Å²) in [6.07, 6.45) is 1.94. The standard InChI is InChI=1S/C26H31NO6S/c1-6-8-19-15-23(28)32-21-13-17(4)14-22(24(19)21)33-26(29)25(18(5)7-2)27-34(30,31)20-11-9-16(3)10-12-20/h9-15,18,25,27H,6-8H2,1-5H3/t18-,25+/m1/s1. The molecule has 0 saturated carbocycles. The zero-order chi connectivity index (χ0) is 25.0. The van der Waals surface area contributed by atoms with Crippen molar-refractivity contribution in [1.29, 1.82) is 0 Å². The number of hydrogen-bond acceptors (Lipinski definition) is 6. The first-order valence-electron chi connectivity index (χ1n) is 11.4. The van der Waals surface area contributed by atoms with Crippen molar-refractivity contribution in [3.63, 3.8) is 0 Å². The smallest absolute Gasteiger partial charge is 0.336 e. The Kier molecular flexibility index (Phi) is 7.94. The van der Waals surface area contributed by atoms with E-state index in [4.69, 9.17) is 9.15 Å². The molecule has 0 radical (unpaired) electrons. The number of esters is 1. The monoisotopic (exact) mass is 485 g/mol. The summed E-state index contributed by atoms with van der Waals surface area (Å²) in [4.78, 5) is 25.4. The second-order valence-electron chi connectivity index (χ2n) is 8.70. The van der Waals surface area contributed by atoms with Crippen LogP contribution < -0.4 is 15.1 Å². The van der Waals surface area contributed by atoms with Gasteiger partial charge in [-0.2, -0.15) is 4.72 Å². The van der Waals surface area contributed by atoms with Crippen LogP contribution in [0, 0.1) is 19.8 Å². The molecule has 0 amide bonds. The molecule has 3 aromatic rings. The highest BCUT2D eigenvalue weighted by Gasteiger charge is 2.32. The highest BCUT2D eigenvalue weighted by atomic mass is 32.2. The maximum absolute atomic E-state index is 13.3.